The van der Waals surface area contributed by atoms with Crippen LogP contribution in [-0.4, -0.2) is 37.9 Å². The van der Waals surface area contributed by atoms with E-state index in [0.29, 0.717) is 19.4 Å². The van der Waals surface area contributed by atoms with E-state index in [1.54, 1.807) is 0 Å². The van der Waals surface area contributed by atoms with Crippen LogP contribution in [-0.2, 0) is 23.8 Å². The van der Waals surface area contributed by atoms with Gasteiger partial charge in [0.25, 0.3) is 0 Å². The second-order valence-corrected chi connectivity index (χ2v) is 17.1. The Labute approximate surface area is 361 Å². The third kappa shape index (κ3) is 46.8. The molecule has 0 radical (unpaired) electrons. The van der Waals surface area contributed by atoms with Crippen molar-refractivity contribution in [3.63, 3.8) is 0 Å². The molecule has 0 aromatic rings. The van der Waals surface area contributed by atoms with Crippen molar-refractivity contribution in [2.75, 3.05) is 19.8 Å². The van der Waals surface area contributed by atoms with Gasteiger partial charge in [-0.15, -0.1) is 0 Å². The highest BCUT2D eigenvalue weighted by molar-refractivity contribution is 5.70. The van der Waals surface area contributed by atoms with Crippen molar-refractivity contribution >= 4 is 11.9 Å². The third-order valence-corrected chi connectivity index (χ3v) is 11.1. The lowest BCUT2D eigenvalue weighted by molar-refractivity contribution is -0.163. The van der Waals surface area contributed by atoms with Gasteiger partial charge in [0.15, 0.2) is 6.10 Å². The van der Waals surface area contributed by atoms with E-state index in [1.807, 2.05) is 0 Å². The smallest absolute Gasteiger partial charge is 0.306 e. The van der Waals surface area contributed by atoms with Crippen molar-refractivity contribution in [2.45, 2.75) is 271 Å². The number of unbranched alkanes of at least 4 members (excludes halogenated alkanes) is 30. The van der Waals surface area contributed by atoms with Crippen LogP contribution in [0.15, 0.2) is 36.5 Å². The van der Waals surface area contributed by atoms with Crippen LogP contribution in [0.1, 0.15) is 265 Å². The zero-order valence-electron chi connectivity index (χ0n) is 39.1. The second kappa shape index (κ2) is 49.5. The molecule has 0 fully saturated rings. The number of carbonyl (C=O) groups excluding carboxylic acids is 2. The molecule has 340 valence electrons. The molecule has 0 heterocycles. The van der Waals surface area contributed by atoms with E-state index in [4.69, 9.17) is 14.2 Å². The average Bonchev–Trinajstić information content (AvgIpc) is 3.22. The molecule has 1 atom stereocenters. The Balaban J connectivity index is 4.09. The minimum absolute atomic E-state index is 0.0835. The molecule has 0 spiro atoms. The van der Waals surface area contributed by atoms with E-state index in [1.165, 1.54) is 173 Å². The van der Waals surface area contributed by atoms with Crippen LogP contribution < -0.4 is 0 Å². The monoisotopic (exact) mass is 815 g/mol. The molecule has 0 aliphatic heterocycles. The van der Waals surface area contributed by atoms with E-state index in [9.17, 15) is 9.59 Å². The van der Waals surface area contributed by atoms with Gasteiger partial charge in [-0.05, 0) is 77.0 Å². The minimum Gasteiger partial charge on any atom is -0.462 e. The highest BCUT2D eigenvalue weighted by Gasteiger charge is 2.17. The Morgan fingerprint density at radius 1 is 0.379 bits per heavy atom. The van der Waals surface area contributed by atoms with Crippen molar-refractivity contribution in [1.29, 1.82) is 0 Å². The standard InChI is InChI=1S/C53H98O5/c1-4-7-10-13-16-18-20-22-24-25-26-27-28-30-32-34-36-39-42-45-48-56-49-51(58-53(55)47-44-41-37-15-12-9-6-3)50-57-52(54)46-43-40-38-35-33-31-29-23-21-19-17-14-11-8-5-2/h16,18,22-24,29,51H,4-15,17,19-21,25-28,30-50H2,1-3H3/b18-16-,24-22-,29-23-. The molecule has 0 N–H and O–H groups in total. The van der Waals surface area contributed by atoms with Gasteiger partial charge in [0.1, 0.15) is 6.61 Å². The molecule has 0 aliphatic carbocycles. The Kier molecular flexibility index (Phi) is 47.9. The zero-order valence-corrected chi connectivity index (χ0v) is 39.1. The molecule has 0 rings (SSSR count). The fraction of sp³-hybridized carbons (Fsp3) is 0.849. The van der Waals surface area contributed by atoms with Crippen molar-refractivity contribution in [3.8, 4) is 0 Å². The molecular weight excluding hydrogens is 717 g/mol. The number of ether oxygens (including phenoxy) is 3. The maximum atomic E-state index is 12.7. The summed E-state index contributed by atoms with van der Waals surface area (Å²) in [4.78, 5) is 25.2. The maximum absolute atomic E-state index is 12.7. The molecule has 0 saturated heterocycles. The summed E-state index contributed by atoms with van der Waals surface area (Å²) in [6.07, 6.45) is 58.8. The number of allylic oxidation sites excluding steroid dienone is 6. The van der Waals surface area contributed by atoms with E-state index >= 15 is 0 Å². The van der Waals surface area contributed by atoms with Crippen LogP contribution in [0.3, 0.4) is 0 Å². The lowest BCUT2D eigenvalue weighted by Gasteiger charge is -2.18. The Morgan fingerprint density at radius 3 is 1.19 bits per heavy atom. The van der Waals surface area contributed by atoms with Crippen LogP contribution in [0.2, 0.25) is 0 Å². The highest BCUT2D eigenvalue weighted by Crippen LogP contribution is 2.14. The Bertz CT molecular complexity index is 924. The fourth-order valence-corrected chi connectivity index (χ4v) is 7.30. The summed E-state index contributed by atoms with van der Waals surface area (Å²) in [6, 6.07) is 0. The third-order valence-electron chi connectivity index (χ3n) is 11.1. The summed E-state index contributed by atoms with van der Waals surface area (Å²) in [5.74, 6) is -0.404. The molecular formula is C53H98O5. The van der Waals surface area contributed by atoms with Gasteiger partial charge in [-0.3, -0.25) is 9.59 Å². The van der Waals surface area contributed by atoms with Crippen LogP contribution in [0, 0.1) is 0 Å². The second-order valence-electron chi connectivity index (χ2n) is 17.1. The average molecular weight is 815 g/mol. The number of esters is 2. The zero-order chi connectivity index (χ0) is 42.1. The summed E-state index contributed by atoms with van der Waals surface area (Å²) < 4.78 is 17.3. The number of hydrogen-bond acceptors (Lipinski definition) is 5. The predicted molar refractivity (Wildman–Crippen MR) is 252 cm³/mol. The van der Waals surface area contributed by atoms with Crippen molar-refractivity contribution in [3.05, 3.63) is 36.5 Å². The van der Waals surface area contributed by atoms with Crippen LogP contribution in [0.4, 0.5) is 0 Å². The van der Waals surface area contributed by atoms with Gasteiger partial charge >= 0.3 is 11.9 Å². The molecule has 0 aromatic heterocycles. The summed E-state index contributed by atoms with van der Waals surface area (Å²) in [5, 5.41) is 0. The molecule has 0 aromatic carbocycles. The first-order valence-corrected chi connectivity index (χ1v) is 25.5. The van der Waals surface area contributed by atoms with Gasteiger partial charge in [0, 0.05) is 19.4 Å². The minimum atomic E-state index is -0.534. The number of carbonyl (C=O) groups is 2. The van der Waals surface area contributed by atoms with E-state index < -0.39 is 6.10 Å². The quantitative estimate of drug-likeness (QED) is 0.0348. The van der Waals surface area contributed by atoms with E-state index in [-0.39, 0.29) is 25.2 Å². The largest absolute Gasteiger partial charge is 0.462 e. The molecule has 58 heavy (non-hydrogen) atoms. The molecule has 0 aliphatic rings. The highest BCUT2D eigenvalue weighted by atomic mass is 16.6. The van der Waals surface area contributed by atoms with Crippen LogP contribution in [0.5, 0.6) is 0 Å². The lowest BCUT2D eigenvalue weighted by atomic mass is 10.1. The van der Waals surface area contributed by atoms with Crippen LogP contribution in [0.25, 0.3) is 0 Å². The molecule has 0 bridgehead atoms. The predicted octanol–water partition coefficient (Wildman–Crippen LogP) is 17.0. The summed E-state index contributed by atoms with van der Waals surface area (Å²) in [5.41, 5.74) is 0. The number of hydrogen-bond donors (Lipinski definition) is 0. The normalized spacial score (nSPS) is 12.4. The lowest BCUT2D eigenvalue weighted by Crippen LogP contribution is -2.30. The van der Waals surface area contributed by atoms with Gasteiger partial charge in [-0.1, -0.05) is 211 Å². The van der Waals surface area contributed by atoms with Gasteiger partial charge < -0.3 is 14.2 Å². The van der Waals surface area contributed by atoms with Gasteiger partial charge in [-0.2, -0.15) is 0 Å². The summed E-state index contributed by atoms with van der Waals surface area (Å²) >= 11 is 0. The van der Waals surface area contributed by atoms with Gasteiger partial charge in [0.05, 0.1) is 6.61 Å². The molecule has 0 saturated carbocycles. The molecule has 5 nitrogen and oxygen atoms in total. The molecule has 1 unspecified atom stereocenters. The van der Waals surface area contributed by atoms with E-state index in [0.717, 1.165) is 57.8 Å². The summed E-state index contributed by atoms with van der Waals surface area (Å²) in [7, 11) is 0. The van der Waals surface area contributed by atoms with Crippen molar-refractivity contribution in [1.82, 2.24) is 0 Å². The first-order valence-electron chi connectivity index (χ1n) is 25.5. The Morgan fingerprint density at radius 2 is 0.724 bits per heavy atom. The Hall–Kier alpha value is -1.88. The van der Waals surface area contributed by atoms with Crippen molar-refractivity contribution in [2.24, 2.45) is 0 Å². The SMILES string of the molecule is CCCCC/C=C\C/C=C\CCCCCCCCCCCCOCC(COC(=O)CCCCCCC/C=C\CCCCCCCC)OC(=O)CCCCCCCCC. The number of rotatable bonds is 47. The molecule has 0 amide bonds. The first-order chi connectivity index (χ1) is 28.6. The van der Waals surface area contributed by atoms with Crippen molar-refractivity contribution < 1.29 is 23.8 Å². The van der Waals surface area contributed by atoms with E-state index in [2.05, 4.69) is 57.2 Å². The summed E-state index contributed by atoms with van der Waals surface area (Å²) in [6.45, 7) is 7.78. The first kappa shape index (κ1) is 56.1. The molecule has 5 heteroatoms. The topological polar surface area (TPSA) is 61.8 Å². The fourth-order valence-electron chi connectivity index (χ4n) is 7.30. The van der Waals surface area contributed by atoms with Gasteiger partial charge in [-0.25, -0.2) is 0 Å². The van der Waals surface area contributed by atoms with Crippen LogP contribution >= 0.6 is 0 Å². The van der Waals surface area contributed by atoms with Gasteiger partial charge in [0.2, 0.25) is 0 Å². The maximum Gasteiger partial charge on any atom is 0.306 e.